The van der Waals surface area contributed by atoms with Crippen molar-refractivity contribution < 1.29 is 29.1 Å². The number of primary amides is 1. The number of rotatable bonds is 7. The number of amides is 4. The zero-order chi connectivity index (χ0) is 34.1. The van der Waals surface area contributed by atoms with Crippen molar-refractivity contribution in [1.29, 1.82) is 0 Å². The van der Waals surface area contributed by atoms with Gasteiger partial charge in [0.25, 0.3) is 5.91 Å². The van der Waals surface area contributed by atoms with E-state index in [2.05, 4.69) is 21.7 Å². The van der Waals surface area contributed by atoms with Crippen molar-refractivity contribution in [1.82, 2.24) is 10.6 Å². The largest absolute Gasteiger partial charge is 0.481 e. The van der Waals surface area contributed by atoms with Crippen LogP contribution >= 0.6 is 0 Å². The summed E-state index contributed by atoms with van der Waals surface area (Å²) in [5, 5.41) is 17.1. The number of hydrogen-bond donors (Lipinski definition) is 4. The summed E-state index contributed by atoms with van der Waals surface area (Å²) in [6.45, 7) is 0. The maximum atomic E-state index is 13.9. The molecular weight excluding hydrogens is 608 g/mol. The highest BCUT2D eigenvalue weighted by Gasteiger charge is 2.42. The number of hydrogen-bond acceptors (Lipinski definition) is 5. The van der Waals surface area contributed by atoms with E-state index < -0.39 is 41.7 Å². The minimum atomic E-state index is -1.27. The molecule has 5 rings (SSSR count). The van der Waals surface area contributed by atoms with Gasteiger partial charge in [-0.3, -0.25) is 24.0 Å². The number of nitrogens with one attached hydrogen (secondary N) is 2. The van der Waals surface area contributed by atoms with Crippen LogP contribution in [0.1, 0.15) is 74.0 Å². The number of carboxylic acid groups (broad SMARTS) is 1. The molecule has 0 unspecified atom stereocenters. The van der Waals surface area contributed by atoms with Gasteiger partial charge in [0.15, 0.2) is 0 Å². The van der Waals surface area contributed by atoms with Crippen LogP contribution in [-0.4, -0.2) is 52.5 Å². The van der Waals surface area contributed by atoms with E-state index in [4.69, 9.17) is 5.73 Å². The summed E-state index contributed by atoms with van der Waals surface area (Å²) in [5.41, 5.74) is 6.80. The molecule has 10 nitrogen and oxygen atoms in total. The molecule has 0 aromatic heterocycles. The van der Waals surface area contributed by atoms with Crippen LogP contribution in [-0.2, 0) is 36.8 Å². The number of carbonyl (C=O) groups excluding carboxylic acids is 4. The number of carbonyl (C=O) groups is 5. The Morgan fingerprint density at radius 1 is 0.938 bits per heavy atom. The normalized spacial score (nSPS) is 22.7. The molecule has 1 aliphatic carbocycles. The fourth-order valence-corrected chi connectivity index (χ4v) is 6.77. The molecule has 1 fully saturated rings. The van der Waals surface area contributed by atoms with Crippen LogP contribution < -0.4 is 16.4 Å². The van der Waals surface area contributed by atoms with Gasteiger partial charge in [0.05, 0.1) is 12.8 Å². The van der Waals surface area contributed by atoms with Gasteiger partial charge in [-0.15, -0.1) is 0 Å². The van der Waals surface area contributed by atoms with Crippen LogP contribution in [0, 0.1) is 5.92 Å². The van der Waals surface area contributed by atoms with Crippen molar-refractivity contribution in [3.05, 3.63) is 95.6 Å². The van der Waals surface area contributed by atoms with E-state index >= 15 is 0 Å². The summed E-state index contributed by atoms with van der Waals surface area (Å²) in [5.74, 6) is -3.82. The molecule has 3 atom stereocenters. The van der Waals surface area contributed by atoms with E-state index in [1.807, 2.05) is 60.7 Å². The van der Waals surface area contributed by atoms with Crippen LogP contribution in [0.5, 0.6) is 0 Å². The Bertz CT molecular complexity index is 1720. The highest BCUT2D eigenvalue weighted by Crippen LogP contribution is 2.31. The molecular formula is C38H42N4O6. The number of aliphatic imine (C=N–C) groups is 1. The molecule has 1 heterocycles. The molecule has 5 N–H and O–H groups in total. The summed E-state index contributed by atoms with van der Waals surface area (Å²) in [6.07, 6.45) is 9.23. The van der Waals surface area contributed by atoms with E-state index in [0.29, 0.717) is 44.1 Å². The maximum Gasteiger partial charge on any atom is 0.307 e. The number of benzene rings is 3. The lowest BCUT2D eigenvalue weighted by atomic mass is 9.80. The molecule has 3 aromatic carbocycles. The maximum absolute atomic E-state index is 13.9. The lowest BCUT2D eigenvalue weighted by molar-refractivity contribution is -0.137. The number of fused-ring (bicyclic) bond motifs is 1. The van der Waals surface area contributed by atoms with Gasteiger partial charge in [0, 0.05) is 24.5 Å². The first-order valence-corrected chi connectivity index (χ1v) is 16.5. The van der Waals surface area contributed by atoms with Crippen molar-refractivity contribution in [2.75, 3.05) is 0 Å². The summed E-state index contributed by atoms with van der Waals surface area (Å²) >= 11 is 0. The number of carboxylic acids is 1. The predicted octanol–water partition coefficient (Wildman–Crippen LogP) is 4.54. The van der Waals surface area contributed by atoms with E-state index in [-0.39, 0.29) is 30.6 Å². The third-order valence-corrected chi connectivity index (χ3v) is 9.28. The van der Waals surface area contributed by atoms with Crippen molar-refractivity contribution in [3.8, 4) is 0 Å². The Balaban J connectivity index is 1.52. The van der Waals surface area contributed by atoms with Gasteiger partial charge in [-0.2, -0.15) is 0 Å². The molecule has 250 valence electrons. The second-order valence-electron chi connectivity index (χ2n) is 12.9. The number of aliphatic carboxylic acids is 1. The average Bonchev–Trinajstić information content (AvgIpc) is 3.06. The molecule has 0 saturated heterocycles. The molecule has 0 bridgehead atoms. The minimum Gasteiger partial charge on any atom is -0.481 e. The van der Waals surface area contributed by atoms with E-state index in [1.54, 1.807) is 18.3 Å². The van der Waals surface area contributed by atoms with Gasteiger partial charge in [0.1, 0.15) is 11.6 Å². The fourth-order valence-electron chi connectivity index (χ4n) is 6.77. The fraction of sp³-hybridized carbons (Fsp3) is 0.368. The molecule has 0 radical (unpaired) electrons. The van der Waals surface area contributed by atoms with Crippen LogP contribution in [0.4, 0.5) is 0 Å². The van der Waals surface area contributed by atoms with Gasteiger partial charge < -0.3 is 21.5 Å². The van der Waals surface area contributed by atoms with Crippen molar-refractivity contribution in [3.63, 3.8) is 0 Å². The lowest BCUT2D eigenvalue weighted by Crippen LogP contribution is -2.62. The monoisotopic (exact) mass is 650 g/mol. The molecule has 10 heteroatoms. The quantitative estimate of drug-likeness (QED) is 0.274. The number of allylic oxidation sites excluding steroid dienone is 2. The Kier molecular flexibility index (Phi) is 11.2. The molecule has 1 aliphatic heterocycles. The Hall–Kier alpha value is -5.12. The summed E-state index contributed by atoms with van der Waals surface area (Å²) in [6, 6.07) is 20.0. The smallest absolute Gasteiger partial charge is 0.307 e. The molecule has 3 aromatic rings. The summed E-state index contributed by atoms with van der Waals surface area (Å²) < 4.78 is 0. The van der Waals surface area contributed by atoms with Gasteiger partial charge in [-0.1, -0.05) is 98.1 Å². The first kappa shape index (κ1) is 34.2. The third kappa shape index (κ3) is 8.82. The molecule has 4 amide bonds. The first-order valence-electron chi connectivity index (χ1n) is 16.5. The molecule has 1 saturated carbocycles. The second-order valence-corrected chi connectivity index (χ2v) is 12.9. The Morgan fingerprint density at radius 2 is 1.67 bits per heavy atom. The topological polar surface area (TPSA) is 168 Å². The van der Waals surface area contributed by atoms with Crippen LogP contribution in [0.3, 0.4) is 0 Å². The third-order valence-electron chi connectivity index (χ3n) is 9.28. The minimum absolute atomic E-state index is 0.0511. The van der Waals surface area contributed by atoms with E-state index in [0.717, 1.165) is 28.3 Å². The Morgan fingerprint density at radius 3 is 2.40 bits per heavy atom. The van der Waals surface area contributed by atoms with Gasteiger partial charge >= 0.3 is 5.97 Å². The van der Waals surface area contributed by atoms with Crippen molar-refractivity contribution in [2.24, 2.45) is 16.6 Å². The highest BCUT2D eigenvalue weighted by molar-refractivity contribution is 5.99. The summed E-state index contributed by atoms with van der Waals surface area (Å²) in [7, 11) is 0. The highest BCUT2D eigenvalue weighted by atomic mass is 16.4. The van der Waals surface area contributed by atoms with Gasteiger partial charge in [-0.25, -0.2) is 4.99 Å². The van der Waals surface area contributed by atoms with Crippen LogP contribution in [0.15, 0.2) is 83.9 Å². The van der Waals surface area contributed by atoms with Crippen molar-refractivity contribution >= 4 is 46.6 Å². The standard InChI is InChI=1S/C38H42N4O6/c39-33(43)23-32-36(47)40-24-26(20-30-12-7-10-28-9-2-3-13-31(28)30)8-6-11-29(27-16-14-25(15-17-27)21-35(45)46)22-34(44)42-38(37(48)41-32)18-4-1-5-19-38/h2-3,6-7,9-17,24,26,29,32H,1,4-5,8,18-23H2,(H2,39,43)(H,41,48)(H,42,44)(H,45,46)/b11-6+,40-24?/t26-,29-,32-/m0/s1. The average molecular weight is 651 g/mol. The zero-order valence-corrected chi connectivity index (χ0v) is 26.9. The van der Waals surface area contributed by atoms with Crippen molar-refractivity contribution in [2.45, 2.75) is 81.7 Å². The number of nitrogens with zero attached hydrogens (tertiary/aromatic N) is 1. The first-order chi connectivity index (χ1) is 23.1. The number of nitrogens with two attached hydrogens (primary N) is 1. The van der Waals surface area contributed by atoms with Crippen LogP contribution in [0.2, 0.25) is 0 Å². The SMILES string of the molecule is NC(=O)C[C@@H]1NC(=O)C2(CCCCC2)NC(=O)C[C@@H](c2ccc(CC(=O)O)cc2)/C=C/C[C@@H](Cc2cccc3ccccc23)C=NC1=O. The summed E-state index contributed by atoms with van der Waals surface area (Å²) in [4.78, 5) is 68.5. The van der Waals surface area contributed by atoms with Crippen LogP contribution in [0.25, 0.3) is 10.8 Å². The second kappa shape index (κ2) is 15.6. The van der Waals surface area contributed by atoms with E-state index in [9.17, 15) is 29.1 Å². The van der Waals surface area contributed by atoms with Gasteiger partial charge in [0.2, 0.25) is 17.7 Å². The predicted molar refractivity (Wildman–Crippen MR) is 183 cm³/mol. The lowest BCUT2D eigenvalue weighted by Gasteiger charge is -2.37. The molecule has 1 spiro atoms. The Labute approximate surface area is 279 Å². The molecule has 2 aliphatic rings. The van der Waals surface area contributed by atoms with E-state index in [1.165, 1.54) is 0 Å². The zero-order valence-electron chi connectivity index (χ0n) is 26.9. The van der Waals surface area contributed by atoms with Gasteiger partial charge in [-0.05, 0) is 53.1 Å². The molecule has 48 heavy (non-hydrogen) atoms.